The smallest absolute Gasteiger partial charge is 0.207 e. The van der Waals surface area contributed by atoms with Gasteiger partial charge >= 0.3 is 0 Å². The van der Waals surface area contributed by atoms with Crippen LogP contribution >= 0.6 is 27.7 Å². The quantitative estimate of drug-likeness (QED) is 0.727. The summed E-state index contributed by atoms with van der Waals surface area (Å²) in [5.41, 5.74) is 0. The minimum absolute atomic E-state index is 0.0843. The molecule has 0 N–H and O–H groups in total. The molecular formula is C10H11BrF2S. The lowest BCUT2D eigenvalue weighted by molar-refractivity contribution is 0.0194. The van der Waals surface area contributed by atoms with Crippen molar-refractivity contribution in [3.8, 4) is 0 Å². The Bertz CT molecular complexity index is 296. The maximum absolute atomic E-state index is 12.5. The summed E-state index contributed by atoms with van der Waals surface area (Å²) >= 11 is 4.82. The van der Waals surface area contributed by atoms with Gasteiger partial charge in [-0.05, 0) is 35.0 Å². The predicted octanol–water partition coefficient (Wildman–Crippen LogP) is 4.59. The lowest BCUT2D eigenvalue weighted by atomic mass is 10.3. The van der Waals surface area contributed by atoms with Gasteiger partial charge in [0.15, 0.2) is 0 Å². The van der Waals surface area contributed by atoms with E-state index in [-0.39, 0.29) is 6.42 Å². The number of thioether (sulfide) groups is 1. The highest BCUT2D eigenvalue weighted by molar-refractivity contribution is 9.10. The van der Waals surface area contributed by atoms with Crippen LogP contribution in [0.3, 0.4) is 0 Å². The van der Waals surface area contributed by atoms with E-state index in [9.17, 15) is 8.78 Å². The zero-order valence-corrected chi connectivity index (χ0v) is 10.2. The van der Waals surface area contributed by atoms with Crippen molar-refractivity contribution in [2.24, 2.45) is 0 Å². The fourth-order valence-electron chi connectivity index (χ4n) is 0.902. The molecule has 14 heavy (non-hydrogen) atoms. The molecule has 0 aromatic heterocycles. The molecule has 0 bridgehead atoms. The van der Waals surface area contributed by atoms with Gasteiger partial charge in [0.1, 0.15) is 0 Å². The first-order valence-corrected chi connectivity index (χ1v) is 6.02. The van der Waals surface area contributed by atoms with Crippen LogP contribution in [0.15, 0.2) is 33.6 Å². The molecule has 1 aromatic carbocycles. The monoisotopic (exact) mass is 280 g/mol. The summed E-state index contributed by atoms with van der Waals surface area (Å²) < 4.78 is 26.0. The van der Waals surface area contributed by atoms with Crippen molar-refractivity contribution in [3.63, 3.8) is 0 Å². The third-order valence-corrected chi connectivity index (χ3v) is 3.66. The van der Waals surface area contributed by atoms with Crippen LogP contribution in [0.4, 0.5) is 8.78 Å². The second kappa shape index (κ2) is 5.12. The Kier molecular flexibility index (Phi) is 4.38. The molecular weight excluding hydrogens is 270 g/mol. The first-order valence-electron chi connectivity index (χ1n) is 4.24. The molecule has 0 nitrogen and oxygen atoms in total. The Labute approximate surface area is 95.2 Å². The Morgan fingerprint density at radius 3 is 2.57 bits per heavy atom. The Balaban J connectivity index is 2.43. The standard InChI is InChI=1S/C10H11BrF2S/c1-10(12,13)6-7-14-9-5-3-2-4-8(9)11/h2-5H,6-7H2,1H3. The molecule has 0 fully saturated rings. The molecule has 1 rings (SSSR count). The van der Waals surface area contributed by atoms with Crippen molar-refractivity contribution in [2.45, 2.75) is 24.2 Å². The summed E-state index contributed by atoms with van der Waals surface area (Å²) in [4.78, 5) is 1.01. The highest BCUT2D eigenvalue weighted by atomic mass is 79.9. The van der Waals surface area contributed by atoms with Crippen molar-refractivity contribution in [3.05, 3.63) is 28.7 Å². The van der Waals surface area contributed by atoms with Crippen molar-refractivity contribution < 1.29 is 8.78 Å². The molecule has 4 heteroatoms. The largest absolute Gasteiger partial charge is 0.246 e. The number of alkyl halides is 2. The molecule has 0 aliphatic rings. The van der Waals surface area contributed by atoms with Crippen LogP contribution in [0.5, 0.6) is 0 Å². The minimum atomic E-state index is -2.56. The Morgan fingerprint density at radius 2 is 2.00 bits per heavy atom. The molecule has 0 atom stereocenters. The van der Waals surface area contributed by atoms with E-state index in [1.807, 2.05) is 24.3 Å². The summed E-state index contributed by atoms with van der Waals surface area (Å²) in [7, 11) is 0. The van der Waals surface area contributed by atoms with Crippen LogP contribution in [0, 0.1) is 0 Å². The third kappa shape index (κ3) is 4.42. The fraction of sp³-hybridized carbons (Fsp3) is 0.400. The first-order chi connectivity index (χ1) is 6.49. The Morgan fingerprint density at radius 1 is 1.36 bits per heavy atom. The predicted molar refractivity (Wildman–Crippen MR) is 60.1 cm³/mol. The van der Waals surface area contributed by atoms with Crippen molar-refractivity contribution in [2.75, 3.05) is 5.75 Å². The van der Waals surface area contributed by atoms with E-state index in [4.69, 9.17) is 0 Å². The van der Waals surface area contributed by atoms with Gasteiger partial charge in [0.25, 0.3) is 0 Å². The summed E-state index contributed by atoms with van der Waals surface area (Å²) in [5, 5.41) is 0. The van der Waals surface area contributed by atoms with Crippen LogP contribution in [-0.4, -0.2) is 11.7 Å². The molecule has 0 unspecified atom stereocenters. The van der Waals surface area contributed by atoms with Gasteiger partial charge in [-0.1, -0.05) is 12.1 Å². The lowest BCUT2D eigenvalue weighted by Gasteiger charge is -2.09. The van der Waals surface area contributed by atoms with Crippen LogP contribution < -0.4 is 0 Å². The van der Waals surface area contributed by atoms with Gasteiger partial charge in [0.2, 0.25) is 5.92 Å². The van der Waals surface area contributed by atoms with E-state index in [2.05, 4.69) is 15.9 Å². The number of hydrogen-bond donors (Lipinski definition) is 0. The zero-order valence-electron chi connectivity index (χ0n) is 7.77. The molecule has 1 aromatic rings. The van der Waals surface area contributed by atoms with Crippen molar-refractivity contribution in [1.29, 1.82) is 0 Å². The van der Waals surface area contributed by atoms with E-state index in [0.717, 1.165) is 16.3 Å². The molecule has 0 amide bonds. The van der Waals surface area contributed by atoms with Gasteiger partial charge in [-0.25, -0.2) is 8.78 Å². The van der Waals surface area contributed by atoms with Gasteiger partial charge in [-0.15, -0.1) is 11.8 Å². The molecule has 0 saturated carbocycles. The van der Waals surface area contributed by atoms with Gasteiger partial charge in [-0.3, -0.25) is 0 Å². The third-order valence-electron chi connectivity index (χ3n) is 1.64. The van der Waals surface area contributed by atoms with E-state index < -0.39 is 5.92 Å². The average molecular weight is 281 g/mol. The molecule has 0 aliphatic carbocycles. The fourth-order valence-corrected chi connectivity index (χ4v) is 2.59. The van der Waals surface area contributed by atoms with Crippen LogP contribution in [0.1, 0.15) is 13.3 Å². The van der Waals surface area contributed by atoms with Crippen LogP contribution in [-0.2, 0) is 0 Å². The van der Waals surface area contributed by atoms with Crippen molar-refractivity contribution in [1.82, 2.24) is 0 Å². The highest BCUT2D eigenvalue weighted by Crippen LogP contribution is 2.29. The van der Waals surface area contributed by atoms with E-state index >= 15 is 0 Å². The number of benzene rings is 1. The number of halogens is 3. The second-order valence-electron chi connectivity index (χ2n) is 3.10. The van der Waals surface area contributed by atoms with E-state index in [1.54, 1.807) is 0 Å². The molecule has 78 valence electrons. The summed E-state index contributed by atoms with van der Waals surface area (Å²) in [6.45, 7) is 0.952. The van der Waals surface area contributed by atoms with Gasteiger partial charge in [-0.2, -0.15) is 0 Å². The maximum atomic E-state index is 12.5. The summed E-state index contributed by atoms with van der Waals surface area (Å²) in [6.07, 6.45) is -0.0843. The molecule has 0 saturated heterocycles. The van der Waals surface area contributed by atoms with E-state index in [0.29, 0.717) is 5.75 Å². The lowest BCUT2D eigenvalue weighted by Crippen LogP contribution is -2.10. The SMILES string of the molecule is CC(F)(F)CCSc1ccccc1Br. The molecule has 0 spiro atoms. The first kappa shape index (κ1) is 12.0. The normalized spacial score (nSPS) is 11.7. The van der Waals surface area contributed by atoms with E-state index in [1.165, 1.54) is 11.8 Å². The summed E-state index contributed by atoms with van der Waals surface area (Å²) in [6, 6.07) is 7.63. The summed E-state index contributed by atoms with van der Waals surface area (Å²) in [5.74, 6) is -2.12. The average Bonchev–Trinajstić information content (AvgIpc) is 2.06. The van der Waals surface area contributed by atoms with Crippen LogP contribution in [0.25, 0.3) is 0 Å². The highest BCUT2D eigenvalue weighted by Gasteiger charge is 2.20. The van der Waals surface area contributed by atoms with Crippen LogP contribution in [0.2, 0.25) is 0 Å². The maximum Gasteiger partial charge on any atom is 0.246 e. The zero-order chi connectivity index (χ0) is 10.6. The van der Waals surface area contributed by atoms with Gasteiger partial charge < -0.3 is 0 Å². The number of rotatable bonds is 4. The van der Waals surface area contributed by atoms with Gasteiger partial charge in [0, 0.05) is 21.5 Å². The number of hydrogen-bond acceptors (Lipinski definition) is 1. The molecule has 0 heterocycles. The topological polar surface area (TPSA) is 0 Å². The Hall–Kier alpha value is -0.0900. The van der Waals surface area contributed by atoms with Crippen molar-refractivity contribution >= 4 is 27.7 Å². The second-order valence-corrected chi connectivity index (χ2v) is 5.09. The molecule has 0 radical (unpaired) electrons. The minimum Gasteiger partial charge on any atom is -0.207 e. The van der Waals surface area contributed by atoms with Gasteiger partial charge in [0.05, 0.1) is 0 Å². The molecule has 0 aliphatic heterocycles.